The number of nitrogens with two attached hydrogens (primary N) is 1. The summed E-state index contributed by atoms with van der Waals surface area (Å²) < 4.78 is 0. The minimum absolute atomic E-state index is 0.242. The largest absolute Gasteiger partial charge is 0.365 e. The van der Waals surface area contributed by atoms with Crippen molar-refractivity contribution in [1.82, 2.24) is 15.2 Å². The number of hydrogen-bond donors (Lipinski definition) is 2. The number of nitrogens with zero attached hydrogens (tertiary/aromatic N) is 4. The lowest BCUT2D eigenvalue weighted by atomic mass is 10.3. The van der Waals surface area contributed by atoms with E-state index in [1.807, 2.05) is 13.8 Å². The maximum Gasteiger partial charge on any atom is 0.254 e. The van der Waals surface area contributed by atoms with Crippen molar-refractivity contribution in [2.24, 2.45) is 16.1 Å². The van der Waals surface area contributed by atoms with Crippen LogP contribution in [0.1, 0.15) is 24.2 Å². The van der Waals surface area contributed by atoms with Gasteiger partial charge in [-0.3, -0.25) is 14.9 Å². The highest BCUT2D eigenvalue weighted by Crippen LogP contribution is 2.14. The first-order valence-corrected chi connectivity index (χ1v) is 4.68. The maximum atomic E-state index is 10.9. The summed E-state index contributed by atoms with van der Waals surface area (Å²) in [7, 11) is 0. The third kappa shape index (κ3) is 2.76. The van der Waals surface area contributed by atoms with Gasteiger partial charge in [0.15, 0.2) is 5.82 Å². The molecule has 1 amide bonds. The zero-order chi connectivity index (χ0) is 11.3. The van der Waals surface area contributed by atoms with E-state index >= 15 is 0 Å². The van der Waals surface area contributed by atoms with Crippen LogP contribution < -0.4 is 5.73 Å². The minimum atomic E-state index is -0.572. The van der Waals surface area contributed by atoms with Crippen LogP contribution in [-0.4, -0.2) is 34.2 Å². The van der Waals surface area contributed by atoms with Crippen LogP contribution in [0, 0.1) is 0 Å². The molecule has 0 aliphatic carbocycles. The molecule has 15 heavy (non-hydrogen) atoms. The first-order valence-electron chi connectivity index (χ1n) is 4.68. The number of carbonyl (C=O) groups excluding carboxylic acids is 1. The Labute approximate surface area is 87.3 Å². The van der Waals surface area contributed by atoms with Gasteiger partial charge < -0.3 is 5.73 Å². The number of carbonyl (C=O) groups is 1. The molecule has 1 aromatic heterocycles. The number of rotatable bonds is 5. The van der Waals surface area contributed by atoms with Crippen molar-refractivity contribution in [2.75, 3.05) is 13.1 Å². The second-order valence-corrected chi connectivity index (χ2v) is 2.82. The Morgan fingerprint density at radius 3 is 2.80 bits per heavy atom. The van der Waals surface area contributed by atoms with Crippen LogP contribution >= 0.6 is 0 Å². The molecule has 0 atom stereocenters. The molecule has 0 spiro atoms. The van der Waals surface area contributed by atoms with Gasteiger partial charge in [0.05, 0.1) is 6.20 Å². The Morgan fingerprint density at radius 1 is 1.60 bits per heavy atom. The zero-order valence-electron chi connectivity index (χ0n) is 8.77. The van der Waals surface area contributed by atoms with Crippen molar-refractivity contribution in [2.45, 2.75) is 13.8 Å². The van der Waals surface area contributed by atoms with Gasteiger partial charge in [0.1, 0.15) is 5.56 Å². The summed E-state index contributed by atoms with van der Waals surface area (Å²) in [6.45, 7) is 5.43. The van der Waals surface area contributed by atoms with Gasteiger partial charge in [-0.15, -0.1) is 5.11 Å². The molecule has 1 heterocycles. The topological polar surface area (TPSA) is 99.7 Å². The number of nitrogens with one attached hydrogen (secondary N) is 1. The van der Waals surface area contributed by atoms with E-state index in [9.17, 15) is 4.79 Å². The van der Waals surface area contributed by atoms with Gasteiger partial charge in [-0.1, -0.05) is 5.22 Å². The Kier molecular flexibility index (Phi) is 3.78. The predicted octanol–water partition coefficient (Wildman–Crippen LogP) is 0.849. The molecule has 0 radical (unpaired) electrons. The highest BCUT2D eigenvalue weighted by Gasteiger charge is 2.09. The molecular weight excluding hydrogens is 196 g/mol. The second-order valence-electron chi connectivity index (χ2n) is 2.82. The van der Waals surface area contributed by atoms with E-state index in [2.05, 4.69) is 20.5 Å². The number of aromatic amines is 1. The molecule has 0 aromatic carbocycles. The lowest BCUT2D eigenvalue weighted by molar-refractivity contribution is 0.100. The molecule has 3 N–H and O–H groups in total. The number of aromatic nitrogens is 2. The normalized spacial score (nSPS) is 10.8. The van der Waals surface area contributed by atoms with Crippen molar-refractivity contribution in [1.29, 1.82) is 0 Å². The van der Waals surface area contributed by atoms with E-state index < -0.39 is 5.91 Å². The van der Waals surface area contributed by atoms with Gasteiger partial charge in [-0.2, -0.15) is 5.10 Å². The number of hydrogen-bond acceptors (Lipinski definition) is 4. The molecule has 0 saturated carbocycles. The summed E-state index contributed by atoms with van der Waals surface area (Å²) in [5, 5.41) is 15.8. The summed E-state index contributed by atoms with van der Waals surface area (Å²) in [6.07, 6.45) is 1.33. The second kappa shape index (κ2) is 5.08. The van der Waals surface area contributed by atoms with E-state index in [1.165, 1.54) is 6.20 Å². The molecular formula is C8H14N6O. The fourth-order valence-electron chi connectivity index (χ4n) is 0.994. The van der Waals surface area contributed by atoms with Gasteiger partial charge >= 0.3 is 0 Å². The molecule has 82 valence electrons. The van der Waals surface area contributed by atoms with E-state index in [0.29, 0.717) is 0 Å². The Hall–Kier alpha value is -1.92. The molecule has 0 fully saturated rings. The molecule has 0 unspecified atom stereocenters. The lowest BCUT2D eigenvalue weighted by Crippen LogP contribution is -2.15. The van der Waals surface area contributed by atoms with Crippen LogP contribution in [0.2, 0.25) is 0 Å². The van der Waals surface area contributed by atoms with E-state index in [0.717, 1.165) is 13.1 Å². The third-order valence-electron chi connectivity index (χ3n) is 1.89. The summed E-state index contributed by atoms with van der Waals surface area (Å²) in [4.78, 5) is 10.9. The minimum Gasteiger partial charge on any atom is -0.365 e. The summed E-state index contributed by atoms with van der Waals surface area (Å²) >= 11 is 0. The van der Waals surface area contributed by atoms with Crippen molar-refractivity contribution in [3.63, 3.8) is 0 Å². The summed E-state index contributed by atoms with van der Waals surface area (Å²) in [5.74, 6) is -0.286. The van der Waals surface area contributed by atoms with E-state index in [-0.39, 0.29) is 11.4 Å². The van der Waals surface area contributed by atoms with Crippen LogP contribution in [0.4, 0.5) is 5.82 Å². The van der Waals surface area contributed by atoms with Crippen molar-refractivity contribution >= 4 is 11.7 Å². The SMILES string of the molecule is CCN(CC)/N=N/c1[nH]ncc1C(N)=O. The molecule has 7 nitrogen and oxygen atoms in total. The molecule has 1 aromatic rings. The van der Waals surface area contributed by atoms with Gasteiger partial charge in [0.25, 0.3) is 5.91 Å². The van der Waals surface area contributed by atoms with Crippen molar-refractivity contribution in [3.8, 4) is 0 Å². The fourth-order valence-corrected chi connectivity index (χ4v) is 0.994. The summed E-state index contributed by atoms with van der Waals surface area (Å²) in [6, 6.07) is 0. The van der Waals surface area contributed by atoms with Gasteiger partial charge in [0, 0.05) is 13.1 Å². The number of H-pyrrole nitrogens is 1. The van der Waals surface area contributed by atoms with Crippen molar-refractivity contribution in [3.05, 3.63) is 11.8 Å². The molecule has 7 heteroatoms. The van der Waals surface area contributed by atoms with Gasteiger partial charge in [-0.05, 0) is 13.8 Å². The molecule has 1 rings (SSSR count). The van der Waals surface area contributed by atoms with Crippen LogP contribution in [-0.2, 0) is 0 Å². The zero-order valence-corrected chi connectivity index (χ0v) is 8.77. The molecule has 0 aliphatic heterocycles. The standard InChI is InChI=1S/C8H14N6O/c1-3-14(4-2)13-12-8-6(7(9)15)5-10-11-8/h5H,3-4H2,1-2H3,(H2,9,15)(H,10,11)/b13-12+. The Bertz CT molecular complexity index is 354. The first-order chi connectivity index (χ1) is 7.19. The third-order valence-corrected chi connectivity index (χ3v) is 1.89. The monoisotopic (exact) mass is 210 g/mol. The first kappa shape index (κ1) is 11.2. The fraction of sp³-hybridized carbons (Fsp3) is 0.500. The van der Waals surface area contributed by atoms with Gasteiger partial charge in [0.2, 0.25) is 0 Å². The van der Waals surface area contributed by atoms with Crippen LogP contribution in [0.25, 0.3) is 0 Å². The predicted molar refractivity (Wildman–Crippen MR) is 54.5 cm³/mol. The molecule has 0 aliphatic rings. The lowest BCUT2D eigenvalue weighted by Gasteiger charge is -2.10. The smallest absolute Gasteiger partial charge is 0.254 e. The Morgan fingerprint density at radius 2 is 2.27 bits per heavy atom. The van der Waals surface area contributed by atoms with Crippen molar-refractivity contribution < 1.29 is 4.79 Å². The maximum absolute atomic E-state index is 10.9. The van der Waals surface area contributed by atoms with Crippen LogP contribution in [0.3, 0.4) is 0 Å². The average Bonchev–Trinajstić information content (AvgIpc) is 2.67. The molecule has 0 saturated heterocycles. The number of primary amides is 1. The van der Waals surface area contributed by atoms with E-state index in [4.69, 9.17) is 5.73 Å². The number of amides is 1. The van der Waals surface area contributed by atoms with Crippen LogP contribution in [0.15, 0.2) is 16.5 Å². The average molecular weight is 210 g/mol. The quantitative estimate of drug-likeness (QED) is 0.556. The highest BCUT2D eigenvalue weighted by molar-refractivity contribution is 5.96. The highest BCUT2D eigenvalue weighted by atomic mass is 16.1. The van der Waals surface area contributed by atoms with Gasteiger partial charge in [-0.25, -0.2) is 0 Å². The Balaban J connectivity index is 2.79. The summed E-state index contributed by atoms with van der Waals surface area (Å²) in [5.41, 5.74) is 5.36. The molecule has 0 bridgehead atoms. The van der Waals surface area contributed by atoms with E-state index in [1.54, 1.807) is 5.01 Å². The van der Waals surface area contributed by atoms with Crippen LogP contribution in [0.5, 0.6) is 0 Å².